The molecule has 0 saturated heterocycles. The van der Waals surface area contributed by atoms with Gasteiger partial charge in [-0.25, -0.2) is 12.8 Å². The van der Waals surface area contributed by atoms with E-state index in [2.05, 4.69) is 10.6 Å². The number of nitrogens with two attached hydrogens (primary N) is 1. The highest BCUT2D eigenvalue weighted by Crippen LogP contribution is 2.24. The summed E-state index contributed by atoms with van der Waals surface area (Å²) in [5.74, 6) is -1.55. The van der Waals surface area contributed by atoms with Gasteiger partial charge in [-0.3, -0.25) is 9.59 Å². The van der Waals surface area contributed by atoms with Crippen molar-refractivity contribution in [2.24, 2.45) is 11.7 Å². The molecule has 1 heterocycles. The summed E-state index contributed by atoms with van der Waals surface area (Å²) in [5.41, 5.74) is 8.10. The highest BCUT2D eigenvalue weighted by atomic mass is 32.2. The van der Waals surface area contributed by atoms with E-state index in [1.165, 1.54) is 34.6 Å². The fourth-order valence-corrected chi connectivity index (χ4v) is 6.28. The van der Waals surface area contributed by atoms with Crippen molar-refractivity contribution in [1.29, 1.82) is 0 Å². The number of rotatable bonds is 15. The third kappa shape index (κ3) is 8.73. The van der Waals surface area contributed by atoms with E-state index in [0.29, 0.717) is 38.0 Å². The number of nitrogens with one attached hydrogen (secondary N) is 2. The lowest BCUT2D eigenvalue weighted by atomic mass is 9.92. The van der Waals surface area contributed by atoms with Crippen LogP contribution in [0.5, 0.6) is 0 Å². The van der Waals surface area contributed by atoms with Crippen LogP contribution >= 0.6 is 0 Å². The van der Waals surface area contributed by atoms with Crippen LogP contribution in [-0.4, -0.2) is 49.7 Å². The number of carbonyl (C=O) groups is 2. The van der Waals surface area contributed by atoms with Crippen molar-refractivity contribution in [2.45, 2.75) is 70.6 Å². The molecule has 42 heavy (non-hydrogen) atoms. The van der Waals surface area contributed by atoms with Gasteiger partial charge in [-0.2, -0.15) is 4.31 Å². The molecule has 11 heteroatoms. The number of hydrogen-bond donors (Lipinski definition) is 3. The van der Waals surface area contributed by atoms with Crippen LogP contribution in [0.15, 0.2) is 70.2 Å². The minimum atomic E-state index is -3.91. The molecule has 228 valence electrons. The van der Waals surface area contributed by atoms with E-state index in [1.807, 2.05) is 44.2 Å². The zero-order valence-corrected chi connectivity index (χ0v) is 25.4. The predicted octanol–water partition coefficient (Wildman–Crippen LogP) is 4.87. The summed E-state index contributed by atoms with van der Waals surface area (Å²) in [6.07, 6.45) is 1.93. The number of aryl methyl sites for hydroxylation is 1. The second kappa shape index (κ2) is 15.1. The summed E-state index contributed by atoms with van der Waals surface area (Å²) in [6, 6.07) is 15.0. The molecule has 0 spiro atoms. The monoisotopic (exact) mass is 600 g/mol. The maximum absolute atomic E-state index is 13.5. The molecule has 2 amide bonds. The Labute approximate surface area is 247 Å². The number of furan rings is 1. The first kappa shape index (κ1) is 33.0. The summed E-state index contributed by atoms with van der Waals surface area (Å²) in [5, 5.41) is 5.44. The average molecular weight is 601 g/mol. The van der Waals surface area contributed by atoms with Crippen LogP contribution < -0.4 is 16.4 Å². The third-order valence-electron chi connectivity index (χ3n) is 7.00. The molecule has 0 aliphatic heterocycles. The predicted molar refractivity (Wildman–Crippen MR) is 161 cm³/mol. The summed E-state index contributed by atoms with van der Waals surface area (Å²) >= 11 is 0. The van der Waals surface area contributed by atoms with Gasteiger partial charge in [-0.1, -0.05) is 51.1 Å². The van der Waals surface area contributed by atoms with E-state index < -0.39 is 39.7 Å². The van der Waals surface area contributed by atoms with E-state index in [4.69, 9.17) is 10.2 Å². The molecule has 0 fully saturated rings. The Morgan fingerprint density at radius 3 is 2.24 bits per heavy atom. The molecule has 4 N–H and O–H groups in total. The van der Waals surface area contributed by atoms with E-state index in [1.54, 1.807) is 13.8 Å². The molecule has 3 aromatic rings. The molecule has 0 radical (unpaired) electrons. The summed E-state index contributed by atoms with van der Waals surface area (Å²) in [6.45, 7) is 7.76. The Morgan fingerprint density at radius 1 is 1.02 bits per heavy atom. The van der Waals surface area contributed by atoms with Crippen molar-refractivity contribution in [3.8, 4) is 0 Å². The van der Waals surface area contributed by atoms with Crippen molar-refractivity contribution in [2.75, 3.05) is 18.4 Å². The van der Waals surface area contributed by atoms with Crippen LogP contribution in [-0.2, 0) is 21.2 Å². The largest absolute Gasteiger partial charge is 0.448 e. The highest BCUT2D eigenvalue weighted by molar-refractivity contribution is 7.89. The van der Waals surface area contributed by atoms with Crippen molar-refractivity contribution >= 4 is 27.5 Å². The van der Waals surface area contributed by atoms with Crippen LogP contribution in [0.2, 0.25) is 0 Å². The fraction of sp³-hybridized carbons (Fsp3) is 0.419. The first-order chi connectivity index (χ1) is 20.0. The number of anilines is 1. The number of halogens is 1. The van der Waals surface area contributed by atoms with Crippen LogP contribution in [0.1, 0.15) is 61.7 Å². The standard InChI is InChI=1S/C31H41FN4O5S/c1-5-16-36(17-6-2)42(39,40)29-20-26(22(4)41-29)31(38)35-28(19-23-10-8-7-9-11-23)27(33)18-21(3)30(37)34-25-14-12-24(32)13-15-25/h7-15,20-21,27-28H,5-6,16-19,33H2,1-4H3,(H,34,37)(H,35,38)/t21-,27+,28+/m1/s1. The smallest absolute Gasteiger partial charge is 0.276 e. The number of benzene rings is 2. The SMILES string of the molecule is CCCN(CCC)S(=O)(=O)c1cc(C(=O)N[C@@H](Cc2ccccc2)[C@@H](N)C[C@@H](C)C(=O)Nc2ccc(F)cc2)c(C)o1. The van der Waals surface area contributed by atoms with Gasteiger partial charge in [0.15, 0.2) is 0 Å². The Morgan fingerprint density at radius 2 is 1.64 bits per heavy atom. The molecular weight excluding hydrogens is 559 g/mol. The fourth-order valence-electron chi connectivity index (χ4n) is 4.69. The zero-order valence-electron chi connectivity index (χ0n) is 24.6. The lowest BCUT2D eigenvalue weighted by Crippen LogP contribution is -2.50. The molecule has 9 nitrogen and oxygen atoms in total. The van der Waals surface area contributed by atoms with E-state index in [9.17, 15) is 22.4 Å². The van der Waals surface area contributed by atoms with Gasteiger partial charge in [0.1, 0.15) is 11.6 Å². The van der Waals surface area contributed by atoms with E-state index in [0.717, 1.165) is 5.56 Å². The van der Waals surface area contributed by atoms with Crippen LogP contribution in [0.4, 0.5) is 10.1 Å². The van der Waals surface area contributed by atoms with Gasteiger partial charge >= 0.3 is 0 Å². The zero-order chi connectivity index (χ0) is 30.9. The number of amides is 2. The third-order valence-corrected chi connectivity index (χ3v) is 8.75. The maximum Gasteiger partial charge on any atom is 0.276 e. The summed E-state index contributed by atoms with van der Waals surface area (Å²) < 4.78 is 46.6. The van der Waals surface area contributed by atoms with Gasteiger partial charge in [0.05, 0.1) is 5.56 Å². The number of sulfonamides is 1. The van der Waals surface area contributed by atoms with Crippen LogP contribution in [0.3, 0.4) is 0 Å². The Bertz CT molecular complexity index is 1420. The number of hydrogen-bond acceptors (Lipinski definition) is 6. The van der Waals surface area contributed by atoms with Gasteiger partial charge in [-0.05, 0) is 62.4 Å². The van der Waals surface area contributed by atoms with Crippen molar-refractivity contribution in [1.82, 2.24) is 9.62 Å². The molecule has 1 aromatic heterocycles. The Balaban J connectivity index is 1.79. The Kier molecular flexibility index (Phi) is 11.8. The Hall–Kier alpha value is -3.54. The second-order valence-corrected chi connectivity index (χ2v) is 12.4. The average Bonchev–Trinajstić information content (AvgIpc) is 3.36. The molecule has 0 aliphatic rings. The minimum absolute atomic E-state index is 0.105. The van der Waals surface area contributed by atoms with Gasteiger partial charge in [0, 0.05) is 42.8 Å². The first-order valence-corrected chi connectivity index (χ1v) is 15.7. The lowest BCUT2D eigenvalue weighted by Gasteiger charge is -2.27. The molecule has 0 unspecified atom stereocenters. The van der Waals surface area contributed by atoms with Gasteiger partial charge in [-0.15, -0.1) is 0 Å². The van der Waals surface area contributed by atoms with E-state index in [-0.39, 0.29) is 28.7 Å². The highest BCUT2D eigenvalue weighted by Gasteiger charge is 2.31. The van der Waals surface area contributed by atoms with Crippen LogP contribution in [0, 0.1) is 18.7 Å². The van der Waals surface area contributed by atoms with Gasteiger partial charge in [0.25, 0.3) is 15.9 Å². The molecule has 3 rings (SSSR count). The van der Waals surface area contributed by atoms with Gasteiger partial charge in [0.2, 0.25) is 11.0 Å². The van der Waals surface area contributed by atoms with E-state index >= 15 is 0 Å². The van der Waals surface area contributed by atoms with Crippen LogP contribution in [0.25, 0.3) is 0 Å². The number of nitrogens with zero attached hydrogens (tertiary/aromatic N) is 1. The number of carbonyl (C=O) groups excluding carboxylic acids is 2. The maximum atomic E-state index is 13.5. The molecule has 0 aliphatic carbocycles. The van der Waals surface area contributed by atoms with Crippen molar-refractivity contribution < 1.29 is 26.8 Å². The minimum Gasteiger partial charge on any atom is -0.448 e. The van der Waals surface area contributed by atoms with Crippen molar-refractivity contribution in [3.63, 3.8) is 0 Å². The quantitative estimate of drug-likeness (QED) is 0.228. The summed E-state index contributed by atoms with van der Waals surface area (Å²) in [4.78, 5) is 26.3. The van der Waals surface area contributed by atoms with Crippen molar-refractivity contribution in [3.05, 3.63) is 83.4 Å². The van der Waals surface area contributed by atoms with Gasteiger partial charge < -0.3 is 20.8 Å². The molecule has 0 bridgehead atoms. The topological polar surface area (TPSA) is 135 Å². The molecule has 3 atom stereocenters. The molecule has 0 saturated carbocycles. The molecular formula is C31H41FN4O5S. The molecule has 2 aromatic carbocycles. The second-order valence-electron chi connectivity index (χ2n) is 10.5. The summed E-state index contributed by atoms with van der Waals surface area (Å²) in [7, 11) is -3.91. The normalized spacial score (nSPS) is 13.9. The first-order valence-electron chi connectivity index (χ1n) is 14.2. The lowest BCUT2D eigenvalue weighted by molar-refractivity contribution is -0.119.